The molecule has 0 radical (unpaired) electrons. The second-order valence-corrected chi connectivity index (χ2v) is 12.5. The van der Waals surface area contributed by atoms with Crippen molar-refractivity contribution in [3.63, 3.8) is 0 Å². The van der Waals surface area contributed by atoms with E-state index < -0.39 is 10.0 Å². The van der Waals surface area contributed by atoms with Crippen molar-refractivity contribution in [1.29, 1.82) is 0 Å². The lowest BCUT2D eigenvalue weighted by Crippen LogP contribution is -2.43. The molecule has 30 heavy (non-hydrogen) atoms. The monoisotopic (exact) mass is 446 g/mol. The predicted octanol–water partition coefficient (Wildman–Crippen LogP) is 4.63. The number of nitrogens with zero attached hydrogens (tertiary/aromatic N) is 1. The largest absolute Gasteiger partial charge is 0.354 e. The van der Waals surface area contributed by atoms with E-state index in [0.29, 0.717) is 23.7 Å². The standard InChI is InChI=1S/C23H30N2O3S2/c1-16(2)17-10-11-20-19(14-17)18-8-6-7-9-21(18)30(27,28)25(20)15-22(26)24-12-13-29-23(3,4)5/h6-11,14,16H,12-13,15H2,1-5H3,(H,24,26). The Morgan fingerprint density at radius 2 is 1.80 bits per heavy atom. The van der Waals surface area contributed by atoms with E-state index in [-0.39, 0.29) is 22.1 Å². The molecule has 1 N–H and O–H groups in total. The maximum atomic E-state index is 13.3. The molecule has 0 saturated carbocycles. The van der Waals surface area contributed by atoms with Gasteiger partial charge in [-0.3, -0.25) is 9.10 Å². The van der Waals surface area contributed by atoms with Crippen LogP contribution in [0.25, 0.3) is 11.1 Å². The molecule has 0 aromatic heterocycles. The van der Waals surface area contributed by atoms with E-state index in [1.54, 1.807) is 23.9 Å². The first-order valence-electron chi connectivity index (χ1n) is 10.2. The van der Waals surface area contributed by atoms with Crippen LogP contribution < -0.4 is 9.62 Å². The minimum Gasteiger partial charge on any atom is -0.354 e. The van der Waals surface area contributed by atoms with Crippen molar-refractivity contribution >= 4 is 33.4 Å². The van der Waals surface area contributed by atoms with Crippen LogP contribution in [0.4, 0.5) is 5.69 Å². The number of nitrogens with one attached hydrogen (secondary N) is 1. The van der Waals surface area contributed by atoms with Gasteiger partial charge in [0.2, 0.25) is 5.91 Å². The van der Waals surface area contributed by atoms with Gasteiger partial charge in [0.05, 0.1) is 10.6 Å². The van der Waals surface area contributed by atoms with Crippen LogP contribution in [0.15, 0.2) is 47.4 Å². The minimum atomic E-state index is -3.81. The van der Waals surface area contributed by atoms with Crippen LogP contribution in [-0.2, 0) is 14.8 Å². The van der Waals surface area contributed by atoms with Gasteiger partial charge in [0, 0.05) is 28.2 Å². The highest BCUT2D eigenvalue weighted by Crippen LogP contribution is 2.43. The third kappa shape index (κ3) is 4.83. The van der Waals surface area contributed by atoms with Gasteiger partial charge < -0.3 is 5.32 Å². The lowest BCUT2D eigenvalue weighted by atomic mass is 9.95. The highest BCUT2D eigenvalue weighted by atomic mass is 32.2. The summed E-state index contributed by atoms with van der Waals surface area (Å²) < 4.78 is 28.0. The molecule has 1 amide bonds. The van der Waals surface area contributed by atoms with Crippen LogP contribution in [0.5, 0.6) is 0 Å². The Hall–Kier alpha value is -1.99. The molecule has 7 heteroatoms. The number of fused-ring (bicyclic) bond motifs is 3. The van der Waals surface area contributed by atoms with Gasteiger partial charge in [-0.25, -0.2) is 8.42 Å². The number of anilines is 1. The summed E-state index contributed by atoms with van der Waals surface area (Å²) >= 11 is 1.76. The third-order valence-electron chi connectivity index (χ3n) is 4.95. The molecule has 3 rings (SSSR count). The van der Waals surface area contributed by atoms with E-state index in [0.717, 1.165) is 16.9 Å². The SMILES string of the molecule is CC(C)c1ccc2c(c1)-c1ccccc1S(=O)(=O)N2CC(=O)NCCSC(C)(C)C. The van der Waals surface area contributed by atoms with Gasteiger partial charge in [-0.15, -0.1) is 0 Å². The van der Waals surface area contributed by atoms with Crippen molar-refractivity contribution in [3.8, 4) is 11.1 Å². The van der Waals surface area contributed by atoms with Crippen molar-refractivity contribution in [1.82, 2.24) is 5.32 Å². The van der Waals surface area contributed by atoms with Crippen LogP contribution in [0.3, 0.4) is 0 Å². The molecule has 0 unspecified atom stereocenters. The summed E-state index contributed by atoms with van der Waals surface area (Å²) in [4.78, 5) is 12.8. The third-order valence-corrected chi connectivity index (χ3v) is 8.04. The zero-order valence-electron chi connectivity index (χ0n) is 18.2. The van der Waals surface area contributed by atoms with E-state index in [4.69, 9.17) is 0 Å². The van der Waals surface area contributed by atoms with E-state index in [1.165, 1.54) is 4.31 Å². The average molecular weight is 447 g/mol. The Bertz CT molecular complexity index is 1040. The number of benzene rings is 2. The normalized spacial score (nSPS) is 14.9. The van der Waals surface area contributed by atoms with Crippen molar-refractivity contribution in [2.45, 2.75) is 50.2 Å². The number of rotatable bonds is 6. The van der Waals surface area contributed by atoms with Crippen LogP contribution in [0, 0.1) is 0 Å². The number of sulfonamides is 1. The summed E-state index contributed by atoms with van der Waals surface area (Å²) in [5.74, 6) is 0.795. The molecule has 162 valence electrons. The second kappa shape index (κ2) is 8.63. The summed E-state index contributed by atoms with van der Waals surface area (Å²) in [5, 5.41) is 2.86. The van der Waals surface area contributed by atoms with Crippen LogP contribution in [0.2, 0.25) is 0 Å². The Morgan fingerprint density at radius 3 is 2.47 bits per heavy atom. The fourth-order valence-electron chi connectivity index (χ4n) is 3.41. The van der Waals surface area contributed by atoms with Gasteiger partial charge in [-0.05, 0) is 29.7 Å². The molecule has 1 aliphatic rings. The number of carbonyl (C=O) groups excluding carboxylic acids is 1. The van der Waals surface area contributed by atoms with Gasteiger partial charge in [-0.2, -0.15) is 11.8 Å². The maximum absolute atomic E-state index is 13.3. The predicted molar refractivity (Wildman–Crippen MR) is 126 cm³/mol. The summed E-state index contributed by atoms with van der Waals surface area (Å²) in [6.07, 6.45) is 0. The first-order valence-corrected chi connectivity index (χ1v) is 12.6. The van der Waals surface area contributed by atoms with Crippen LogP contribution in [-0.4, -0.2) is 37.9 Å². The fourth-order valence-corrected chi connectivity index (χ4v) is 5.88. The molecular formula is C23H30N2O3S2. The van der Waals surface area contributed by atoms with Gasteiger partial charge >= 0.3 is 0 Å². The smallest absolute Gasteiger partial charge is 0.265 e. The topological polar surface area (TPSA) is 66.5 Å². The van der Waals surface area contributed by atoms with Gasteiger partial charge in [0.25, 0.3) is 10.0 Å². The zero-order chi connectivity index (χ0) is 22.1. The molecule has 1 heterocycles. The number of hydrogen-bond acceptors (Lipinski definition) is 4. The van der Waals surface area contributed by atoms with E-state index >= 15 is 0 Å². The zero-order valence-corrected chi connectivity index (χ0v) is 19.9. The van der Waals surface area contributed by atoms with Crippen LogP contribution in [0.1, 0.15) is 46.1 Å². The number of hydrogen-bond donors (Lipinski definition) is 1. The summed E-state index contributed by atoms with van der Waals surface area (Å²) in [6, 6.07) is 12.8. The van der Waals surface area contributed by atoms with Crippen molar-refractivity contribution in [2.24, 2.45) is 0 Å². The Balaban J connectivity index is 1.89. The molecule has 0 saturated heterocycles. The molecule has 0 bridgehead atoms. The highest BCUT2D eigenvalue weighted by Gasteiger charge is 2.36. The Kier molecular flexibility index (Phi) is 6.53. The van der Waals surface area contributed by atoms with Crippen LogP contribution >= 0.6 is 11.8 Å². The maximum Gasteiger partial charge on any atom is 0.265 e. The molecule has 2 aromatic carbocycles. The first kappa shape index (κ1) is 22.7. The van der Waals surface area contributed by atoms with Gasteiger partial charge in [0.1, 0.15) is 6.54 Å². The fraction of sp³-hybridized carbons (Fsp3) is 0.435. The average Bonchev–Trinajstić information content (AvgIpc) is 2.67. The Labute approximate surface area is 184 Å². The van der Waals surface area contributed by atoms with Crippen molar-refractivity contribution in [2.75, 3.05) is 23.1 Å². The lowest BCUT2D eigenvalue weighted by molar-refractivity contribution is -0.119. The molecular weight excluding hydrogens is 416 g/mol. The summed E-state index contributed by atoms with van der Waals surface area (Å²) in [5.41, 5.74) is 3.22. The summed E-state index contributed by atoms with van der Waals surface area (Å²) in [6.45, 7) is 10.9. The van der Waals surface area contributed by atoms with Gasteiger partial charge in [-0.1, -0.05) is 58.9 Å². The lowest BCUT2D eigenvalue weighted by Gasteiger charge is -2.32. The van der Waals surface area contributed by atoms with Gasteiger partial charge in [0.15, 0.2) is 0 Å². The van der Waals surface area contributed by atoms with Crippen molar-refractivity contribution < 1.29 is 13.2 Å². The minimum absolute atomic E-state index is 0.123. The Morgan fingerprint density at radius 1 is 1.10 bits per heavy atom. The number of carbonyl (C=O) groups is 1. The summed E-state index contributed by atoms with van der Waals surface area (Å²) in [7, 11) is -3.81. The van der Waals surface area contributed by atoms with Crippen molar-refractivity contribution in [3.05, 3.63) is 48.0 Å². The number of thioether (sulfide) groups is 1. The molecule has 0 spiro atoms. The number of amides is 1. The van der Waals surface area contributed by atoms with E-state index in [2.05, 4.69) is 39.9 Å². The van der Waals surface area contributed by atoms with E-state index in [1.807, 2.05) is 30.3 Å². The molecule has 2 aromatic rings. The molecule has 5 nitrogen and oxygen atoms in total. The second-order valence-electron chi connectivity index (χ2n) is 8.75. The van der Waals surface area contributed by atoms with E-state index in [9.17, 15) is 13.2 Å². The first-order chi connectivity index (χ1) is 14.0. The molecule has 0 atom stereocenters. The highest BCUT2D eigenvalue weighted by molar-refractivity contribution is 8.00. The molecule has 0 fully saturated rings. The quantitative estimate of drug-likeness (QED) is 0.657. The molecule has 1 aliphatic heterocycles. The molecule has 0 aliphatic carbocycles.